The monoisotopic (exact) mass is 404 g/mol. The van der Waals surface area contributed by atoms with Crippen LogP contribution >= 0.6 is 34.8 Å². The van der Waals surface area contributed by atoms with Crippen molar-refractivity contribution in [2.24, 2.45) is 0 Å². The molecular weight excluding hydrogens is 395 g/mol. The third kappa shape index (κ3) is 4.94. The fourth-order valence-corrected chi connectivity index (χ4v) is 2.78. The molecule has 26 heavy (non-hydrogen) atoms. The first-order chi connectivity index (χ1) is 12.5. The average Bonchev–Trinajstić information content (AvgIpc) is 2.61. The molecule has 0 heterocycles. The summed E-state index contributed by atoms with van der Waals surface area (Å²) < 4.78 is 5.26. The molecule has 1 N–H and O–H groups in total. The number of hydrogen-bond acceptors (Lipinski definition) is 3. The first kappa shape index (κ1) is 19.7. The van der Waals surface area contributed by atoms with Gasteiger partial charge in [-0.15, -0.1) is 6.42 Å². The lowest BCUT2D eigenvalue weighted by Gasteiger charge is -2.09. The smallest absolute Gasteiger partial charge is 0.266 e. The number of carbonyl (C=O) groups is 1. The molecule has 0 spiro atoms. The second-order valence-corrected chi connectivity index (χ2v) is 6.13. The highest BCUT2D eigenvalue weighted by Gasteiger charge is 2.13. The Morgan fingerprint density at radius 2 is 1.85 bits per heavy atom. The van der Waals surface area contributed by atoms with Gasteiger partial charge in [0, 0.05) is 0 Å². The molecule has 1 amide bonds. The summed E-state index contributed by atoms with van der Waals surface area (Å²) in [5, 5.41) is 12.6. The Balaban J connectivity index is 2.28. The summed E-state index contributed by atoms with van der Waals surface area (Å²) in [5.41, 5.74) is 0.711. The van der Waals surface area contributed by atoms with E-state index in [1.807, 2.05) is 6.07 Å². The molecule has 0 fully saturated rings. The highest BCUT2D eigenvalue weighted by atomic mass is 35.5. The molecule has 0 radical (unpaired) electrons. The maximum Gasteiger partial charge on any atom is 0.266 e. The van der Waals surface area contributed by atoms with Crippen LogP contribution in [-0.4, -0.2) is 12.5 Å². The number of anilines is 1. The van der Waals surface area contributed by atoms with Crippen LogP contribution in [0.4, 0.5) is 5.69 Å². The molecule has 2 aromatic carbocycles. The summed E-state index contributed by atoms with van der Waals surface area (Å²) in [5.74, 6) is 1.94. The summed E-state index contributed by atoms with van der Waals surface area (Å²) in [4.78, 5) is 12.3. The van der Waals surface area contributed by atoms with Gasteiger partial charge in [0.25, 0.3) is 5.91 Å². The fourth-order valence-electron chi connectivity index (χ4n) is 1.98. The van der Waals surface area contributed by atoms with Crippen molar-refractivity contribution in [1.82, 2.24) is 0 Å². The number of benzene rings is 2. The van der Waals surface area contributed by atoms with Crippen LogP contribution in [0.15, 0.2) is 42.0 Å². The molecule has 0 aliphatic carbocycles. The number of nitriles is 1. The molecule has 0 aromatic heterocycles. The molecule has 2 rings (SSSR count). The minimum absolute atomic E-state index is 0.0122. The van der Waals surface area contributed by atoms with Crippen molar-refractivity contribution in [3.05, 3.63) is 62.6 Å². The van der Waals surface area contributed by atoms with Crippen LogP contribution < -0.4 is 10.1 Å². The van der Waals surface area contributed by atoms with E-state index in [-0.39, 0.29) is 28.0 Å². The third-order valence-electron chi connectivity index (χ3n) is 3.12. The zero-order valence-electron chi connectivity index (χ0n) is 13.2. The minimum Gasteiger partial charge on any atom is -0.478 e. The third-order valence-corrected chi connectivity index (χ3v) is 4.01. The predicted octanol–water partition coefficient (Wildman–Crippen LogP) is 5.20. The Morgan fingerprint density at radius 3 is 2.42 bits per heavy atom. The summed E-state index contributed by atoms with van der Waals surface area (Å²) in [6.45, 7) is 0.0122. The number of hydrogen-bond donors (Lipinski definition) is 1. The van der Waals surface area contributed by atoms with Crippen molar-refractivity contribution in [3.8, 4) is 24.2 Å². The number of rotatable bonds is 5. The minimum atomic E-state index is -0.611. The summed E-state index contributed by atoms with van der Waals surface area (Å²) in [6, 6.07) is 11.6. The number of ether oxygens (including phenoxy) is 1. The lowest BCUT2D eigenvalue weighted by atomic mass is 10.1. The first-order valence-electron chi connectivity index (χ1n) is 7.19. The van der Waals surface area contributed by atoms with Gasteiger partial charge in [-0.2, -0.15) is 5.26 Å². The van der Waals surface area contributed by atoms with E-state index < -0.39 is 5.91 Å². The maximum absolute atomic E-state index is 12.3. The van der Waals surface area contributed by atoms with Crippen LogP contribution in [0.2, 0.25) is 15.1 Å². The van der Waals surface area contributed by atoms with Gasteiger partial charge in [0.1, 0.15) is 18.2 Å². The van der Waals surface area contributed by atoms with E-state index in [0.29, 0.717) is 16.3 Å². The zero-order valence-corrected chi connectivity index (χ0v) is 15.5. The van der Waals surface area contributed by atoms with Gasteiger partial charge in [0.15, 0.2) is 5.75 Å². The molecule has 0 saturated carbocycles. The quantitative estimate of drug-likeness (QED) is 0.422. The molecule has 4 nitrogen and oxygen atoms in total. The van der Waals surface area contributed by atoms with Crippen LogP contribution in [0.25, 0.3) is 6.08 Å². The summed E-state index contributed by atoms with van der Waals surface area (Å²) >= 11 is 18.2. The second kappa shape index (κ2) is 9.17. The topological polar surface area (TPSA) is 62.1 Å². The van der Waals surface area contributed by atoms with Crippen LogP contribution in [0, 0.1) is 23.7 Å². The van der Waals surface area contributed by atoms with E-state index in [1.54, 1.807) is 24.3 Å². The Kier molecular flexibility index (Phi) is 6.95. The van der Waals surface area contributed by atoms with Gasteiger partial charge in [-0.25, -0.2) is 0 Å². The Morgan fingerprint density at radius 1 is 1.19 bits per heavy atom. The summed E-state index contributed by atoms with van der Waals surface area (Å²) in [7, 11) is 0. The van der Waals surface area contributed by atoms with Crippen molar-refractivity contribution in [3.63, 3.8) is 0 Å². The molecule has 0 aliphatic rings. The van der Waals surface area contributed by atoms with Crippen LogP contribution in [0.3, 0.4) is 0 Å². The van der Waals surface area contributed by atoms with Gasteiger partial charge in [0.2, 0.25) is 0 Å². The molecule has 2 aromatic rings. The maximum atomic E-state index is 12.3. The Bertz CT molecular complexity index is 933. The Labute approximate surface area is 165 Å². The normalized spacial score (nSPS) is 10.6. The second-order valence-electron chi connectivity index (χ2n) is 4.91. The van der Waals surface area contributed by atoms with E-state index in [1.165, 1.54) is 18.2 Å². The van der Waals surface area contributed by atoms with Gasteiger partial charge in [-0.05, 0) is 35.9 Å². The van der Waals surface area contributed by atoms with Crippen molar-refractivity contribution in [2.45, 2.75) is 0 Å². The number of nitrogens with zero attached hydrogens (tertiary/aromatic N) is 1. The lowest BCUT2D eigenvalue weighted by Crippen LogP contribution is -2.13. The molecule has 0 saturated heterocycles. The van der Waals surface area contributed by atoms with Gasteiger partial charge >= 0.3 is 0 Å². The highest BCUT2D eigenvalue weighted by Crippen LogP contribution is 2.35. The van der Waals surface area contributed by atoms with Crippen LogP contribution in [0.1, 0.15) is 5.56 Å². The van der Waals surface area contributed by atoms with Gasteiger partial charge in [-0.1, -0.05) is 52.9 Å². The Hall–Kier alpha value is -2.63. The number of amides is 1. The standard InChI is InChI=1S/C19H11Cl3N2O2/c1-2-7-26-18-15(21)9-12(10-16(18)22)8-13(11-23)19(25)24-17-6-4-3-5-14(17)20/h1,3-6,8-10H,7H2,(H,24,25)/b13-8+. The molecule has 0 unspecified atom stereocenters. The number of terminal acetylenes is 1. The van der Waals surface area contributed by atoms with Gasteiger partial charge < -0.3 is 10.1 Å². The predicted molar refractivity (Wildman–Crippen MR) is 104 cm³/mol. The molecule has 7 heteroatoms. The first-order valence-corrected chi connectivity index (χ1v) is 8.32. The van der Waals surface area contributed by atoms with Crippen LogP contribution in [0.5, 0.6) is 5.75 Å². The highest BCUT2D eigenvalue weighted by molar-refractivity contribution is 6.37. The van der Waals surface area contributed by atoms with Gasteiger partial charge in [0.05, 0.1) is 20.8 Å². The van der Waals surface area contributed by atoms with E-state index in [0.717, 1.165) is 0 Å². The average molecular weight is 406 g/mol. The van der Waals surface area contributed by atoms with Crippen molar-refractivity contribution < 1.29 is 9.53 Å². The molecule has 0 aliphatic heterocycles. The van der Waals surface area contributed by atoms with E-state index >= 15 is 0 Å². The van der Waals surface area contributed by atoms with Crippen molar-refractivity contribution in [1.29, 1.82) is 5.26 Å². The van der Waals surface area contributed by atoms with E-state index in [9.17, 15) is 10.1 Å². The largest absolute Gasteiger partial charge is 0.478 e. The molecular formula is C19H11Cl3N2O2. The number of para-hydroxylation sites is 1. The molecule has 0 bridgehead atoms. The van der Waals surface area contributed by atoms with Crippen molar-refractivity contribution in [2.75, 3.05) is 11.9 Å². The molecule has 0 atom stereocenters. The summed E-state index contributed by atoms with van der Waals surface area (Å²) in [6.07, 6.45) is 6.49. The fraction of sp³-hybridized carbons (Fsp3) is 0.0526. The number of halogens is 3. The number of nitrogens with one attached hydrogen (secondary N) is 1. The number of carbonyl (C=O) groups excluding carboxylic acids is 1. The molecule has 130 valence electrons. The van der Waals surface area contributed by atoms with E-state index in [2.05, 4.69) is 11.2 Å². The SMILES string of the molecule is C#CCOc1c(Cl)cc(/C=C(\C#N)C(=O)Nc2ccccc2Cl)cc1Cl. The van der Waals surface area contributed by atoms with Crippen LogP contribution in [-0.2, 0) is 4.79 Å². The van der Waals surface area contributed by atoms with Crippen molar-refractivity contribution >= 4 is 52.5 Å². The van der Waals surface area contributed by atoms with Gasteiger partial charge in [-0.3, -0.25) is 4.79 Å². The lowest BCUT2D eigenvalue weighted by molar-refractivity contribution is -0.112. The zero-order chi connectivity index (χ0) is 19.1. The van der Waals surface area contributed by atoms with E-state index in [4.69, 9.17) is 46.0 Å².